The third-order valence-electron chi connectivity index (χ3n) is 2.27. The molecule has 80 valence electrons. The van der Waals surface area contributed by atoms with Crippen molar-refractivity contribution in [3.63, 3.8) is 0 Å². The van der Waals surface area contributed by atoms with Gasteiger partial charge in [-0.3, -0.25) is 4.79 Å². The average molecular weight is 204 g/mol. The number of ether oxygens (including phenoxy) is 1. The normalized spacial score (nSPS) is 10.6. The van der Waals surface area contributed by atoms with Crippen molar-refractivity contribution in [3.05, 3.63) is 47.2 Å². The quantitative estimate of drug-likeness (QED) is 0.428. The minimum Gasteiger partial charge on any atom is -0.501 e. The lowest BCUT2D eigenvalue weighted by molar-refractivity contribution is 0.104. The second-order valence-corrected chi connectivity index (χ2v) is 3.42. The first-order valence-electron chi connectivity index (χ1n) is 5.05. The standard InChI is InChI=1S/C13H16O2/c1-4-15-8-7-13(14)12-6-5-10(2)11(3)9-12/h5-9H,4H2,1-3H3. The molecule has 0 aliphatic rings. The Morgan fingerprint density at radius 2 is 2.07 bits per heavy atom. The van der Waals surface area contributed by atoms with E-state index in [0.717, 1.165) is 5.56 Å². The van der Waals surface area contributed by atoms with Gasteiger partial charge < -0.3 is 4.74 Å². The van der Waals surface area contributed by atoms with Crippen LogP contribution in [-0.2, 0) is 4.74 Å². The highest BCUT2D eigenvalue weighted by Crippen LogP contribution is 2.10. The number of ketones is 1. The van der Waals surface area contributed by atoms with E-state index >= 15 is 0 Å². The van der Waals surface area contributed by atoms with Gasteiger partial charge in [0.15, 0.2) is 5.78 Å². The lowest BCUT2D eigenvalue weighted by Crippen LogP contribution is -1.96. The third-order valence-corrected chi connectivity index (χ3v) is 2.27. The molecule has 0 radical (unpaired) electrons. The molecular weight excluding hydrogens is 188 g/mol. The Morgan fingerprint density at radius 1 is 1.33 bits per heavy atom. The highest BCUT2D eigenvalue weighted by molar-refractivity contribution is 6.04. The maximum Gasteiger partial charge on any atom is 0.188 e. The van der Waals surface area contributed by atoms with Crippen molar-refractivity contribution in [1.29, 1.82) is 0 Å². The maximum atomic E-state index is 11.6. The van der Waals surface area contributed by atoms with Crippen LogP contribution in [0.5, 0.6) is 0 Å². The average Bonchev–Trinajstić information content (AvgIpc) is 2.22. The first kappa shape index (κ1) is 11.5. The molecule has 1 rings (SSSR count). The number of rotatable bonds is 4. The van der Waals surface area contributed by atoms with Crippen molar-refractivity contribution in [3.8, 4) is 0 Å². The van der Waals surface area contributed by atoms with E-state index in [1.165, 1.54) is 17.9 Å². The van der Waals surface area contributed by atoms with Crippen molar-refractivity contribution in [2.24, 2.45) is 0 Å². The minimum atomic E-state index is -0.0217. The molecule has 2 nitrogen and oxygen atoms in total. The SMILES string of the molecule is CCOC=CC(=O)c1ccc(C)c(C)c1. The fourth-order valence-corrected chi connectivity index (χ4v) is 1.20. The van der Waals surface area contributed by atoms with Gasteiger partial charge in [-0.1, -0.05) is 12.1 Å². The Hall–Kier alpha value is -1.57. The summed E-state index contributed by atoms with van der Waals surface area (Å²) in [5.41, 5.74) is 3.03. The fourth-order valence-electron chi connectivity index (χ4n) is 1.20. The van der Waals surface area contributed by atoms with Crippen LogP contribution >= 0.6 is 0 Å². The molecule has 0 unspecified atom stereocenters. The van der Waals surface area contributed by atoms with E-state index in [1.54, 1.807) is 0 Å². The molecule has 1 aromatic carbocycles. The number of hydrogen-bond acceptors (Lipinski definition) is 2. The van der Waals surface area contributed by atoms with E-state index < -0.39 is 0 Å². The predicted octanol–water partition coefficient (Wildman–Crippen LogP) is 3.04. The van der Waals surface area contributed by atoms with E-state index in [9.17, 15) is 4.79 Å². The molecule has 0 aromatic heterocycles. The maximum absolute atomic E-state index is 11.6. The molecule has 0 amide bonds. The van der Waals surface area contributed by atoms with Crippen LogP contribution in [0.2, 0.25) is 0 Å². The highest BCUT2D eigenvalue weighted by atomic mass is 16.5. The molecular formula is C13H16O2. The van der Waals surface area contributed by atoms with Crippen molar-refractivity contribution < 1.29 is 9.53 Å². The van der Waals surface area contributed by atoms with Crippen molar-refractivity contribution in [2.75, 3.05) is 6.61 Å². The molecule has 0 N–H and O–H groups in total. The third kappa shape index (κ3) is 3.24. The van der Waals surface area contributed by atoms with E-state index in [1.807, 2.05) is 39.0 Å². The van der Waals surface area contributed by atoms with E-state index in [4.69, 9.17) is 4.74 Å². The lowest BCUT2D eigenvalue weighted by atomic mass is 10.0. The van der Waals surface area contributed by atoms with Crippen LogP contribution in [0.15, 0.2) is 30.5 Å². The molecule has 0 heterocycles. The lowest BCUT2D eigenvalue weighted by Gasteiger charge is -2.01. The van der Waals surface area contributed by atoms with Crippen molar-refractivity contribution in [1.82, 2.24) is 0 Å². The number of carbonyl (C=O) groups excluding carboxylic acids is 1. The van der Waals surface area contributed by atoms with Gasteiger partial charge in [0, 0.05) is 11.6 Å². The van der Waals surface area contributed by atoms with Crippen LogP contribution in [0.4, 0.5) is 0 Å². The molecule has 0 saturated heterocycles. The summed E-state index contributed by atoms with van der Waals surface area (Å²) in [7, 11) is 0. The number of benzene rings is 1. The zero-order chi connectivity index (χ0) is 11.3. The minimum absolute atomic E-state index is 0.0217. The van der Waals surface area contributed by atoms with Crippen LogP contribution < -0.4 is 0 Å². The summed E-state index contributed by atoms with van der Waals surface area (Å²) in [6.45, 7) is 6.49. The smallest absolute Gasteiger partial charge is 0.188 e. The van der Waals surface area contributed by atoms with E-state index in [2.05, 4.69) is 0 Å². The summed E-state index contributed by atoms with van der Waals surface area (Å²) in [6, 6.07) is 5.69. The molecule has 0 saturated carbocycles. The summed E-state index contributed by atoms with van der Waals surface area (Å²) in [4.78, 5) is 11.6. The zero-order valence-corrected chi connectivity index (χ0v) is 9.41. The van der Waals surface area contributed by atoms with Gasteiger partial charge in [-0.05, 0) is 38.0 Å². The summed E-state index contributed by atoms with van der Waals surface area (Å²) >= 11 is 0. The van der Waals surface area contributed by atoms with Gasteiger partial charge in [0.1, 0.15) is 0 Å². The zero-order valence-electron chi connectivity index (χ0n) is 9.41. The van der Waals surface area contributed by atoms with Crippen LogP contribution in [0.3, 0.4) is 0 Å². The monoisotopic (exact) mass is 204 g/mol. The second kappa shape index (κ2) is 5.35. The Bertz CT molecular complexity index is 378. The van der Waals surface area contributed by atoms with Gasteiger partial charge in [-0.15, -0.1) is 0 Å². The number of carbonyl (C=O) groups is 1. The second-order valence-electron chi connectivity index (χ2n) is 3.42. The summed E-state index contributed by atoms with van der Waals surface area (Å²) in [6.07, 6.45) is 2.89. The van der Waals surface area contributed by atoms with Crippen LogP contribution in [0.25, 0.3) is 0 Å². The highest BCUT2D eigenvalue weighted by Gasteiger charge is 2.02. The Balaban J connectivity index is 2.78. The molecule has 15 heavy (non-hydrogen) atoms. The summed E-state index contributed by atoms with van der Waals surface area (Å²) < 4.78 is 4.98. The van der Waals surface area contributed by atoms with Gasteiger partial charge >= 0.3 is 0 Å². The van der Waals surface area contributed by atoms with Crippen LogP contribution in [-0.4, -0.2) is 12.4 Å². The molecule has 1 aromatic rings. The Kier molecular flexibility index (Phi) is 4.10. The van der Waals surface area contributed by atoms with Crippen molar-refractivity contribution in [2.45, 2.75) is 20.8 Å². The summed E-state index contributed by atoms with van der Waals surface area (Å²) in [5.74, 6) is -0.0217. The topological polar surface area (TPSA) is 26.3 Å². The van der Waals surface area contributed by atoms with Crippen molar-refractivity contribution >= 4 is 5.78 Å². The Labute approximate surface area is 90.6 Å². The first-order valence-corrected chi connectivity index (χ1v) is 5.05. The van der Waals surface area contributed by atoms with Gasteiger partial charge in [-0.2, -0.15) is 0 Å². The van der Waals surface area contributed by atoms with Crippen LogP contribution in [0.1, 0.15) is 28.4 Å². The van der Waals surface area contributed by atoms with Gasteiger partial charge in [0.05, 0.1) is 12.9 Å². The molecule has 2 heteroatoms. The largest absolute Gasteiger partial charge is 0.501 e. The number of aryl methyl sites for hydroxylation is 2. The molecule has 0 aliphatic carbocycles. The fraction of sp³-hybridized carbons (Fsp3) is 0.308. The Morgan fingerprint density at radius 3 is 2.67 bits per heavy atom. The van der Waals surface area contributed by atoms with E-state index in [0.29, 0.717) is 12.2 Å². The molecule has 0 bridgehead atoms. The van der Waals surface area contributed by atoms with Gasteiger partial charge in [0.2, 0.25) is 0 Å². The molecule has 0 fully saturated rings. The van der Waals surface area contributed by atoms with Gasteiger partial charge in [0.25, 0.3) is 0 Å². The number of hydrogen-bond donors (Lipinski definition) is 0. The van der Waals surface area contributed by atoms with Gasteiger partial charge in [-0.25, -0.2) is 0 Å². The predicted molar refractivity (Wildman–Crippen MR) is 61.0 cm³/mol. The summed E-state index contributed by atoms with van der Waals surface area (Å²) in [5, 5.41) is 0. The molecule has 0 spiro atoms. The van der Waals surface area contributed by atoms with E-state index in [-0.39, 0.29) is 5.78 Å². The first-order chi connectivity index (χ1) is 7.15. The van der Waals surface area contributed by atoms with Crippen LogP contribution in [0, 0.1) is 13.8 Å². The molecule has 0 aliphatic heterocycles. The molecule has 0 atom stereocenters. The number of allylic oxidation sites excluding steroid dienone is 1.